The summed E-state index contributed by atoms with van der Waals surface area (Å²) < 4.78 is 1.76. The first-order chi connectivity index (χ1) is 6.56. The fourth-order valence-corrected chi connectivity index (χ4v) is 1.19. The number of primary amides is 1. The van der Waals surface area contributed by atoms with Crippen molar-refractivity contribution in [3.05, 3.63) is 12.0 Å². The molecule has 1 aromatic rings. The van der Waals surface area contributed by atoms with Crippen molar-refractivity contribution in [2.45, 2.75) is 26.8 Å². The first-order valence-corrected chi connectivity index (χ1v) is 4.66. The van der Waals surface area contributed by atoms with Crippen LogP contribution in [0.5, 0.6) is 0 Å². The van der Waals surface area contributed by atoms with Crippen molar-refractivity contribution in [3.63, 3.8) is 0 Å². The zero-order valence-electron chi connectivity index (χ0n) is 8.53. The molecule has 4 N–H and O–H groups in total. The molecule has 0 aromatic carbocycles. The second-order valence-corrected chi connectivity index (χ2v) is 3.51. The summed E-state index contributed by atoms with van der Waals surface area (Å²) in [6, 6.07) is 0. The average Bonchev–Trinajstić information content (AvgIpc) is 2.48. The molecule has 1 heterocycles. The number of nitrogens with zero attached hydrogens (tertiary/aromatic N) is 2. The van der Waals surface area contributed by atoms with Crippen LogP contribution in [0.2, 0.25) is 0 Å². The SMILES string of the molecule is CCC(C)Cn1cnc(C(N)=O)c1N. The number of carbonyl (C=O) groups is 1. The topological polar surface area (TPSA) is 86.9 Å². The molecule has 1 aromatic heterocycles. The van der Waals surface area contributed by atoms with E-state index in [0.717, 1.165) is 13.0 Å². The molecule has 0 radical (unpaired) electrons. The number of rotatable bonds is 4. The molecule has 0 aliphatic rings. The molecule has 0 aliphatic carbocycles. The van der Waals surface area contributed by atoms with Gasteiger partial charge < -0.3 is 16.0 Å². The number of hydrogen-bond acceptors (Lipinski definition) is 3. The predicted molar refractivity (Wildman–Crippen MR) is 54.6 cm³/mol. The van der Waals surface area contributed by atoms with E-state index in [9.17, 15) is 4.79 Å². The molecule has 14 heavy (non-hydrogen) atoms. The van der Waals surface area contributed by atoms with Gasteiger partial charge in [-0.05, 0) is 5.92 Å². The van der Waals surface area contributed by atoms with Crippen molar-refractivity contribution < 1.29 is 4.79 Å². The number of amides is 1. The minimum atomic E-state index is -0.578. The van der Waals surface area contributed by atoms with Crippen LogP contribution in [-0.4, -0.2) is 15.5 Å². The Morgan fingerprint density at radius 3 is 2.79 bits per heavy atom. The van der Waals surface area contributed by atoms with E-state index < -0.39 is 5.91 Å². The number of hydrogen-bond donors (Lipinski definition) is 2. The van der Waals surface area contributed by atoms with Crippen molar-refractivity contribution in [3.8, 4) is 0 Å². The van der Waals surface area contributed by atoms with Gasteiger partial charge in [-0.15, -0.1) is 0 Å². The molecule has 0 saturated carbocycles. The number of nitrogen functional groups attached to an aromatic ring is 1. The summed E-state index contributed by atoms with van der Waals surface area (Å²) in [5.74, 6) is 0.287. The second kappa shape index (κ2) is 4.13. The highest BCUT2D eigenvalue weighted by molar-refractivity contribution is 5.95. The molecule has 0 aliphatic heterocycles. The third-order valence-corrected chi connectivity index (χ3v) is 2.32. The summed E-state index contributed by atoms with van der Waals surface area (Å²) in [5, 5.41) is 0. The Labute approximate surface area is 83.1 Å². The number of anilines is 1. The Kier molecular flexibility index (Phi) is 3.11. The van der Waals surface area contributed by atoms with Gasteiger partial charge in [-0.25, -0.2) is 4.98 Å². The van der Waals surface area contributed by atoms with Crippen LogP contribution < -0.4 is 11.5 Å². The first-order valence-electron chi connectivity index (χ1n) is 4.66. The summed E-state index contributed by atoms with van der Waals surface area (Å²) in [6.45, 7) is 4.98. The normalized spacial score (nSPS) is 12.7. The fourth-order valence-electron chi connectivity index (χ4n) is 1.19. The molecule has 0 spiro atoms. The zero-order valence-corrected chi connectivity index (χ0v) is 8.53. The highest BCUT2D eigenvalue weighted by Gasteiger charge is 2.13. The number of imidazole rings is 1. The van der Waals surface area contributed by atoms with Gasteiger partial charge in [-0.1, -0.05) is 20.3 Å². The van der Waals surface area contributed by atoms with Crippen LogP contribution in [0.1, 0.15) is 30.8 Å². The average molecular weight is 196 g/mol. The van der Waals surface area contributed by atoms with Crippen molar-refractivity contribution in [2.24, 2.45) is 11.7 Å². The second-order valence-electron chi connectivity index (χ2n) is 3.51. The lowest BCUT2D eigenvalue weighted by Gasteiger charge is -2.10. The summed E-state index contributed by atoms with van der Waals surface area (Å²) in [5.41, 5.74) is 11.0. The number of carbonyl (C=O) groups excluding carboxylic acids is 1. The van der Waals surface area contributed by atoms with E-state index in [1.807, 2.05) is 0 Å². The van der Waals surface area contributed by atoms with Crippen LogP contribution in [0.25, 0.3) is 0 Å². The molecule has 0 bridgehead atoms. The maximum absolute atomic E-state index is 10.9. The molecular formula is C9H16N4O. The van der Waals surface area contributed by atoms with Crippen LogP contribution >= 0.6 is 0 Å². The quantitative estimate of drug-likeness (QED) is 0.739. The van der Waals surface area contributed by atoms with E-state index in [1.54, 1.807) is 10.9 Å². The Morgan fingerprint density at radius 2 is 2.36 bits per heavy atom. The van der Waals surface area contributed by atoms with Gasteiger partial charge in [0.05, 0.1) is 6.33 Å². The smallest absolute Gasteiger partial charge is 0.271 e. The van der Waals surface area contributed by atoms with Gasteiger partial charge in [0.25, 0.3) is 5.91 Å². The van der Waals surface area contributed by atoms with E-state index in [1.165, 1.54) is 0 Å². The van der Waals surface area contributed by atoms with E-state index in [-0.39, 0.29) is 5.69 Å². The van der Waals surface area contributed by atoms with Crippen molar-refractivity contribution in [1.82, 2.24) is 9.55 Å². The lowest BCUT2D eigenvalue weighted by molar-refractivity contribution is 0.0997. The van der Waals surface area contributed by atoms with E-state index in [2.05, 4.69) is 18.8 Å². The Morgan fingerprint density at radius 1 is 1.71 bits per heavy atom. The summed E-state index contributed by atoms with van der Waals surface area (Å²) in [4.78, 5) is 14.7. The van der Waals surface area contributed by atoms with E-state index >= 15 is 0 Å². The zero-order chi connectivity index (χ0) is 10.7. The maximum atomic E-state index is 10.9. The van der Waals surface area contributed by atoms with E-state index in [4.69, 9.17) is 11.5 Å². The maximum Gasteiger partial charge on any atom is 0.271 e. The minimum Gasteiger partial charge on any atom is -0.383 e. The number of nitrogens with two attached hydrogens (primary N) is 2. The van der Waals surface area contributed by atoms with Crippen LogP contribution in [-0.2, 0) is 6.54 Å². The monoisotopic (exact) mass is 196 g/mol. The third-order valence-electron chi connectivity index (χ3n) is 2.32. The predicted octanol–water partition coefficient (Wildman–Crippen LogP) is 0.610. The molecule has 0 saturated heterocycles. The van der Waals surface area contributed by atoms with Gasteiger partial charge in [0.15, 0.2) is 5.69 Å². The van der Waals surface area contributed by atoms with Gasteiger partial charge in [0, 0.05) is 6.54 Å². The lowest BCUT2D eigenvalue weighted by Crippen LogP contribution is -2.15. The molecule has 1 amide bonds. The summed E-state index contributed by atoms with van der Waals surface area (Å²) in [7, 11) is 0. The van der Waals surface area contributed by atoms with Crippen molar-refractivity contribution in [2.75, 3.05) is 5.73 Å². The molecular weight excluding hydrogens is 180 g/mol. The van der Waals surface area contributed by atoms with Gasteiger partial charge in [0.2, 0.25) is 0 Å². The van der Waals surface area contributed by atoms with Crippen LogP contribution in [0.3, 0.4) is 0 Å². The third kappa shape index (κ3) is 2.04. The van der Waals surface area contributed by atoms with Crippen molar-refractivity contribution >= 4 is 11.7 Å². The highest BCUT2D eigenvalue weighted by atomic mass is 16.1. The van der Waals surface area contributed by atoms with Crippen LogP contribution in [0.15, 0.2) is 6.33 Å². The lowest BCUT2D eigenvalue weighted by atomic mass is 10.1. The summed E-state index contributed by atoms with van der Waals surface area (Å²) in [6.07, 6.45) is 2.62. The highest BCUT2D eigenvalue weighted by Crippen LogP contribution is 2.13. The molecule has 0 fully saturated rings. The molecule has 5 nitrogen and oxygen atoms in total. The molecule has 78 valence electrons. The standard InChI is InChI=1S/C9H16N4O/c1-3-6(2)4-13-5-12-7(8(13)10)9(11)14/h5-6H,3-4,10H2,1-2H3,(H2,11,14). The van der Waals surface area contributed by atoms with Gasteiger partial charge >= 0.3 is 0 Å². The van der Waals surface area contributed by atoms with Crippen LogP contribution in [0.4, 0.5) is 5.82 Å². The Balaban J connectivity index is 2.84. The molecule has 1 unspecified atom stereocenters. The molecule has 1 atom stereocenters. The largest absolute Gasteiger partial charge is 0.383 e. The van der Waals surface area contributed by atoms with Crippen molar-refractivity contribution in [1.29, 1.82) is 0 Å². The summed E-state index contributed by atoms with van der Waals surface area (Å²) >= 11 is 0. The molecule has 1 rings (SSSR count). The van der Waals surface area contributed by atoms with Crippen LogP contribution in [0, 0.1) is 5.92 Å². The Hall–Kier alpha value is -1.52. The number of aromatic nitrogens is 2. The fraction of sp³-hybridized carbons (Fsp3) is 0.556. The minimum absolute atomic E-state index is 0.160. The van der Waals surface area contributed by atoms with Gasteiger partial charge in [0.1, 0.15) is 5.82 Å². The Bertz CT molecular complexity index is 332. The first kappa shape index (κ1) is 10.6. The molecule has 5 heteroatoms. The van der Waals surface area contributed by atoms with Gasteiger partial charge in [-0.3, -0.25) is 4.79 Å². The van der Waals surface area contributed by atoms with E-state index in [0.29, 0.717) is 11.7 Å². The van der Waals surface area contributed by atoms with Gasteiger partial charge in [-0.2, -0.15) is 0 Å².